The van der Waals surface area contributed by atoms with Crippen LogP contribution in [0.1, 0.15) is 39.5 Å². The van der Waals surface area contributed by atoms with Gasteiger partial charge in [-0.05, 0) is 25.0 Å². The minimum atomic E-state index is -0.144. The molecule has 2 N–H and O–H groups in total. The monoisotopic (exact) mass is 248 g/mol. The SMILES string of the molecule is CCCCCNC(=O)[C@H](CC)Nc1ccccc1. The summed E-state index contributed by atoms with van der Waals surface area (Å²) in [4.78, 5) is 12.0. The molecule has 1 rings (SSSR count). The third kappa shape index (κ3) is 5.21. The van der Waals surface area contributed by atoms with E-state index in [0.717, 1.165) is 25.1 Å². The van der Waals surface area contributed by atoms with Gasteiger partial charge in [-0.1, -0.05) is 44.9 Å². The summed E-state index contributed by atoms with van der Waals surface area (Å²) in [5.74, 6) is 0.0949. The number of carbonyl (C=O) groups excluding carboxylic acids is 1. The zero-order valence-corrected chi connectivity index (χ0v) is 11.4. The van der Waals surface area contributed by atoms with Gasteiger partial charge in [0, 0.05) is 12.2 Å². The molecule has 1 atom stereocenters. The average Bonchev–Trinajstić information content (AvgIpc) is 2.42. The maximum atomic E-state index is 12.0. The number of nitrogens with one attached hydrogen (secondary N) is 2. The van der Waals surface area contributed by atoms with Gasteiger partial charge >= 0.3 is 0 Å². The fraction of sp³-hybridized carbons (Fsp3) is 0.533. The van der Waals surface area contributed by atoms with Crippen LogP contribution in [0.3, 0.4) is 0 Å². The van der Waals surface area contributed by atoms with E-state index >= 15 is 0 Å². The lowest BCUT2D eigenvalue weighted by Crippen LogP contribution is -2.39. The van der Waals surface area contributed by atoms with E-state index in [1.807, 2.05) is 37.3 Å². The summed E-state index contributed by atoms with van der Waals surface area (Å²) in [5, 5.41) is 6.24. The van der Waals surface area contributed by atoms with E-state index < -0.39 is 0 Å². The predicted molar refractivity (Wildman–Crippen MR) is 76.7 cm³/mol. The Balaban J connectivity index is 2.38. The zero-order valence-electron chi connectivity index (χ0n) is 11.4. The molecule has 0 radical (unpaired) electrons. The van der Waals surface area contributed by atoms with Crippen molar-refractivity contribution < 1.29 is 4.79 Å². The summed E-state index contributed by atoms with van der Waals surface area (Å²) >= 11 is 0. The van der Waals surface area contributed by atoms with Gasteiger partial charge in [-0.3, -0.25) is 4.79 Å². The highest BCUT2D eigenvalue weighted by molar-refractivity contribution is 5.84. The van der Waals surface area contributed by atoms with E-state index in [1.165, 1.54) is 12.8 Å². The molecule has 0 aliphatic rings. The summed E-state index contributed by atoms with van der Waals surface area (Å²) in [5.41, 5.74) is 0.994. The molecule has 0 spiro atoms. The lowest BCUT2D eigenvalue weighted by Gasteiger charge is -2.17. The molecule has 1 amide bonds. The molecule has 0 saturated heterocycles. The molecular weight excluding hydrogens is 224 g/mol. The Hall–Kier alpha value is -1.51. The normalized spacial score (nSPS) is 11.9. The number of unbranched alkanes of at least 4 members (excludes halogenated alkanes) is 2. The van der Waals surface area contributed by atoms with E-state index in [4.69, 9.17) is 0 Å². The number of anilines is 1. The van der Waals surface area contributed by atoms with Crippen molar-refractivity contribution in [2.24, 2.45) is 0 Å². The minimum Gasteiger partial charge on any atom is -0.374 e. The summed E-state index contributed by atoms with van der Waals surface area (Å²) in [6.07, 6.45) is 4.19. The van der Waals surface area contributed by atoms with Crippen molar-refractivity contribution in [3.05, 3.63) is 30.3 Å². The first kappa shape index (κ1) is 14.6. The fourth-order valence-electron chi connectivity index (χ4n) is 1.80. The third-order valence-corrected chi connectivity index (χ3v) is 2.92. The number of carbonyl (C=O) groups is 1. The van der Waals surface area contributed by atoms with Crippen LogP contribution < -0.4 is 10.6 Å². The van der Waals surface area contributed by atoms with E-state index in [2.05, 4.69) is 17.6 Å². The second kappa shape index (κ2) is 8.56. The Morgan fingerprint density at radius 1 is 1.17 bits per heavy atom. The molecule has 3 heteroatoms. The van der Waals surface area contributed by atoms with Gasteiger partial charge in [-0.25, -0.2) is 0 Å². The van der Waals surface area contributed by atoms with Gasteiger partial charge in [0.15, 0.2) is 0 Å². The van der Waals surface area contributed by atoms with Gasteiger partial charge in [0.2, 0.25) is 5.91 Å². The Labute approximate surface area is 110 Å². The van der Waals surface area contributed by atoms with Gasteiger partial charge in [0.1, 0.15) is 6.04 Å². The van der Waals surface area contributed by atoms with Crippen molar-refractivity contribution in [2.75, 3.05) is 11.9 Å². The zero-order chi connectivity index (χ0) is 13.2. The smallest absolute Gasteiger partial charge is 0.242 e. The first-order valence-corrected chi connectivity index (χ1v) is 6.87. The molecule has 0 aromatic heterocycles. The van der Waals surface area contributed by atoms with Crippen LogP contribution in [0.25, 0.3) is 0 Å². The largest absolute Gasteiger partial charge is 0.374 e. The number of amides is 1. The Morgan fingerprint density at radius 3 is 2.50 bits per heavy atom. The van der Waals surface area contributed by atoms with Gasteiger partial charge in [-0.15, -0.1) is 0 Å². The Morgan fingerprint density at radius 2 is 1.89 bits per heavy atom. The minimum absolute atomic E-state index is 0.0949. The van der Waals surface area contributed by atoms with E-state index in [0.29, 0.717) is 0 Å². The van der Waals surface area contributed by atoms with Crippen LogP contribution >= 0.6 is 0 Å². The lowest BCUT2D eigenvalue weighted by molar-refractivity contribution is -0.121. The van der Waals surface area contributed by atoms with Crippen molar-refractivity contribution in [3.8, 4) is 0 Å². The summed E-state index contributed by atoms with van der Waals surface area (Å²) < 4.78 is 0. The summed E-state index contributed by atoms with van der Waals surface area (Å²) in [7, 11) is 0. The highest BCUT2D eigenvalue weighted by Gasteiger charge is 2.14. The first-order valence-electron chi connectivity index (χ1n) is 6.87. The van der Waals surface area contributed by atoms with Crippen molar-refractivity contribution in [3.63, 3.8) is 0 Å². The topological polar surface area (TPSA) is 41.1 Å². The van der Waals surface area contributed by atoms with Crippen LogP contribution in [0.4, 0.5) is 5.69 Å². The Kier molecular flexibility index (Phi) is 6.92. The van der Waals surface area contributed by atoms with Crippen LogP contribution in [0.15, 0.2) is 30.3 Å². The van der Waals surface area contributed by atoms with E-state index in [1.54, 1.807) is 0 Å². The number of hydrogen-bond acceptors (Lipinski definition) is 2. The van der Waals surface area contributed by atoms with E-state index in [-0.39, 0.29) is 11.9 Å². The van der Waals surface area contributed by atoms with Gasteiger partial charge in [0.25, 0.3) is 0 Å². The summed E-state index contributed by atoms with van der Waals surface area (Å²) in [6, 6.07) is 9.72. The van der Waals surface area contributed by atoms with Gasteiger partial charge in [0.05, 0.1) is 0 Å². The molecule has 0 aliphatic carbocycles. The van der Waals surface area contributed by atoms with Gasteiger partial charge < -0.3 is 10.6 Å². The molecule has 1 aromatic carbocycles. The first-order chi connectivity index (χ1) is 8.77. The lowest BCUT2D eigenvalue weighted by atomic mass is 10.2. The van der Waals surface area contributed by atoms with Crippen molar-refractivity contribution in [1.82, 2.24) is 5.32 Å². The van der Waals surface area contributed by atoms with Crippen LogP contribution in [-0.2, 0) is 4.79 Å². The van der Waals surface area contributed by atoms with Crippen LogP contribution in [-0.4, -0.2) is 18.5 Å². The molecule has 0 bridgehead atoms. The number of para-hydroxylation sites is 1. The molecule has 0 unspecified atom stereocenters. The summed E-state index contributed by atoms with van der Waals surface area (Å²) in [6.45, 7) is 4.96. The quantitative estimate of drug-likeness (QED) is 0.694. The fourth-order valence-corrected chi connectivity index (χ4v) is 1.80. The number of hydrogen-bond donors (Lipinski definition) is 2. The average molecular weight is 248 g/mol. The third-order valence-electron chi connectivity index (χ3n) is 2.92. The standard InChI is InChI=1S/C15H24N2O/c1-3-5-9-12-16-15(18)14(4-2)17-13-10-7-6-8-11-13/h6-8,10-11,14,17H,3-5,9,12H2,1-2H3,(H,16,18)/t14-/m0/s1. The molecule has 1 aromatic rings. The number of benzene rings is 1. The van der Waals surface area contributed by atoms with E-state index in [9.17, 15) is 4.79 Å². The molecular formula is C15H24N2O. The molecule has 0 saturated carbocycles. The molecule has 0 aliphatic heterocycles. The van der Waals surface area contributed by atoms with Crippen LogP contribution in [0, 0.1) is 0 Å². The van der Waals surface area contributed by atoms with Crippen LogP contribution in [0.5, 0.6) is 0 Å². The molecule has 0 fully saturated rings. The predicted octanol–water partition coefficient (Wildman–Crippen LogP) is 3.18. The maximum Gasteiger partial charge on any atom is 0.242 e. The van der Waals surface area contributed by atoms with Gasteiger partial charge in [-0.2, -0.15) is 0 Å². The number of rotatable bonds is 8. The molecule has 18 heavy (non-hydrogen) atoms. The second-order valence-electron chi connectivity index (χ2n) is 4.47. The van der Waals surface area contributed by atoms with Crippen molar-refractivity contribution >= 4 is 11.6 Å². The van der Waals surface area contributed by atoms with Crippen molar-refractivity contribution in [2.45, 2.75) is 45.6 Å². The van der Waals surface area contributed by atoms with Crippen molar-refractivity contribution in [1.29, 1.82) is 0 Å². The molecule has 0 heterocycles. The van der Waals surface area contributed by atoms with Crippen LogP contribution in [0.2, 0.25) is 0 Å². The maximum absolute atomic E-state index is 12.0. The molecule has 100 valence electrons. The molecule has 3 nitrogen and oxygen atoms in total. The second-order valence-corrected chi connectivity index (χ2v) is 4.47. The highest BCUT2D eigenvalue weighted by Crippen LogP contribution is 2.08. The Bertz CT molecular complexity index is 338. The highest BCUT2D eigenvalue weighted by atomic mass is 16.2.